The van der Waals surface area contributed by atoms with Crippen molar-refractivity contribution in [3.8, 4) is 0 Å². The third-order valence-corrected chi connectivity index (χ3v) is 2.09. The zero-order valence-corrected chi connectivity index (χ0v) is 13.6. The predicted molar refractivity (Wildman–Crippen MR) is 77.8 cm³/mol. The van der Waals surface area contributed by atoms with Crippen LogP contribution in [0.3, 0.4) is 0 Å². The van der Waals surface area contributed by atoms with Gasteiger partial charge < -0.3 is 10.5 Å². The minimum absolute atomic E-state index is 0.0926. The fourth-order valence-electron chi connectivity index (χ4n) is 1.11. The molecule has 1 heterocycles. The second kappa shape index (κ2) is 13.4. The van der Waals surface area contributed by atoms with Gasteiger partial charge in [-0.05, 0) is 13.5 Å². The van der Waals surface area contributed by atoms with Crippen molar-refractivity contribution in [1.29, 1.82) is 0 Å². The first-order valence-corrected chi connectivity index (χ1v) is 6.89. The lowest BCUT2D eigenvalue weighted by molar-refractivity contribution is -0.148. The third kappa shape index (κ3) is 11.5. The first kappa shape index (κ1) is 24.2. The molecule has 2 N–H and O–H groups in total. The highest BCUT2D eigenvalue weighted by molar-refractivity contribution is 6.06. The van der Waals surface area contributed by atoms with Crippen LogP contribution in [0.5, 0.6) is 0 Å². The number of carbonyl (C=O) groups is 3. The normalized spacial score (nSPS) is 13.0. The largest absolute Gasteiger partial charge is 0.466 e. The van der Waals surface area contributed by atoms with E-state index in [1.54, 1.807) is 0 Å². The number of rotatable bonds is 5. The lowest BCUT2D eigenvalue weighted by Gasteiger charge is -1.99. The van der Waals surface area contributed by atoms with Crippen molar-refractivity contribution in [2.45, 2.75) is 39.5 Å². The molecule has 0 aliphatic carbocycles. The molecule has 1 rings (SSSR count). The van der Waals surface area contributed by atoms with E-state index in [0.29, 0.717) is 0 Å². The molecule has 0 fully saturated rings. The number of esters is 1. The number of nitrogens with zero attached hydrogens (tertiary/aromatic N) is 2. The first-order valence-electron chi connectivity index (χ1n) is 6.89. The quantitative estimate of drug-likeness (QED) is 0.452. The Hall–Kier alpha value is -2.04. The van der Waals surface area contributed by atoms with Crippen LogP contribution < -0.4 is 5.73 Å². The number of Topliss-reactive ketones (excluding diaryl/α,β-unsaturated/α-hetero) is 1. The zero-order valence-electron chi connectivity index (χ0n) is 13.6. The Balaban J connectivity index is 0. The van der Waals surface area contributed by atoms with Gasteiger partial charge in [0.15, 0.2) is 0 Å². The van der Waals surface area contributed by atoms with E-state index >= 15 is 0 Å². The van der Waals surface area contributed by atoms with E-state index in [4.69, 9.17) is 5.73 Å². The van der Waals surface area contributed by atoms with Gasteiger partial charge in [0, 0.05) is 7.05 Å². The predicted octanol–water partition coefficient (Wildman–Crippen LogP) is 1.21. The van der Waals surface area contributed by atoms with Crippen molar-refractivity contribution >= 4 is 23.4 Å². The summed E-state index contributed by atoms with van der Waals surface area (Å²) < 4.78 is 50.8. The van der Waals surface area contributed by atoms with Crippen molar-refractivity contribution in [1.82, 2.24) is 5.01 Å². The summed E-state index contributed by atoms with van der Waals surface area (Å²) in [5, 5.41) is 4.25. The van der Waals surface area contributed by atoms with Crippen LogP contribution >= 0.6 is 0 Å². The van der Waals surface area contributed by atoms with Crippen LogP contribution in [0, 0.1) is 0 Å². The SMILES string of the molecule is CCN.CCOC(=O)CC(=O)C(F)F.CN1N=C(C(F)F)CC1=O. The molecule has 0 saturated carbocycles. The van der Waals surface area contributed by atoms with Crippen LogP contribution in [-0.4, -0.2) is 61.4 Å². The van der Waals surface area contributed by atoms with Gasteiger partial charge in [0.05, 0.1) is 13.0 Å². The van der Waals surface area contributed by atoms with Crippen LogP contribution in [0.4, 0.5) is 17.6 Å². The highest BCUT2D eigenvalue weighted by atomic mass is 19.3. The van der Waals surface area contributed by atoms with Crippen LogP contribution in [-0.2, 0) is 19.1 Å². The van der Waals surface area contributed by atoms with Gasteiger partial charge >= 0.3 is 5.97 Å². The van der Waals surface area contributed by atoms with Gasteiger partial charge in [0.2, 0.25) is 11.7 Å². The summed E-state index contributed by atoms with van der Waals surface area (Å²) in [7, 11) is 1.36. The molecule has 1 aliphatic heterocycles. The van der Waals surface area contributed by atoms with Crippen molar-refractivity contribution in [2.75, 3.05) is 20.2 Å². The van der Waals surface area contributed by atoms with Gasteiger partial charge in [-0.1, -0.05) is 6.92 Å². The molecule has 7 nitrogen and oxygen atoms in total. The number of ether oxygens (including phenoxy) is 1. The van der Waals surface area contributed by atoms with Gasteiger partial charge in [-0.2, -0.15) is 5.10 Å². The number of ketones is 1. The Morgan fingerprint density at radius 3 is 2.04 bits per heavy atom. The molecule has 0 aromatic heterocycles. The van der Waals surface area contributed by atoms with Crippen molar-refractivity contribution in [3.05, 3.63) is 0 Å². The van der Waals surface area contributed by atoms with Crippen LogP contribution in [0.15, 0.2) is 5.10 Å². The summed E-state index contributed by atoms with van der Waals surface area (Å²) in [6.45, 7) is 4.28. The minimum atomic E-state index is -3.08. The maximum Gasteiger partial charge on any atom is 0.313 e. The van der Waals surface area contributed by atoms with Crippen LogP contribution in [0.1, 0.15) is 26.7 Å². The van der Waals surface area contributed by atoms with E-state index in [2.05, 4.69) is 9.84 Å². The van der Waals surface area contributed by atoms with Gasteiger partial charge in [-0.25, -0.2) is 22.6 Å². The Kier molecular flexibility index (Phi) is 13.5. The fraction of sp³-hybridized carbons (Fsp3) is 0.692. The van der Waals surface area contributed by atoms with E-state index in [1.165, 1.54) is 14.0 Å². The zero-order chi connectivity index (χ0) is 19.3. The van der Waals surface area contributed by atoms with Crippen molar-refractivity contribution in [3.63, 3.8) is 0 Å². The molecule has 0 atom stereocenters. The van der Waals surface area contributed by atoms with Gasteiger partial charge in [0.1, 0.15) is 12.1 Å². The molecule has 0 aromatic rings. The smallest absolute Gasteiger partial charge is 0.313 e. The molecule has 0 radical (unpaired) electrons. The number of hydrazone groups is 1. The number of hydrogen-bond donors (Lipinski definition) is 1. The summed E-state index contributed by atoms with van der Waals surface area (Å²) >= 11 is 0. The average Bonchev–Trinajstić information content (AvgIpc) is 2.80. The highest BCUT2D eigenvalue weighted by Gasteiger charge is 2.26. The molecular weight excluding hydrogens is 338 g/mol. The highest BCUT2D eigenvalue weighted by Crippen LogP contribution is 2.10. The van der Waals surface area contributed by atoms with Crippen LogP contribution in [0.2, 0.25) is 0 Å². The Morgan fingerprint density at radius 2 is 1.79 bits per heavy atom. The molecule has 1 aliphatic rings. The molecule has 0 aromatic carbocycles. The number of halogens is 4. The summed E-state index contributed by atoms with van der Waals surface area (Å²) in [4.78, 5) is 31.1. The molecule has 0 spiro atoms. The van der Waals surface area contributed by atoms with E-state index in [-0.39, 0.29) is 24.6 Å². The summed E-state index contributed by atoms with van der Waals surface area (Å²) in [6.07, 6.45) is -6.77. The van der Waals surface area contributed by atoms with Gasteiger partial charge in [0.25, 0.3) is 12.9 Å². The van der Waals surface area contributed by atoms with Gasteiger partial charge in [-0.15, -0.1) is 0 Å². The fourth-order valence-corrected chi connectivity index (χ4v) is 1.11. The number of carbonyl (C=O) groups excluding carboxylic acids is 3. The molecule has 24 heavy (non-hydrogen) atoms. The maximum absolute atomic E-state index is 11.8. The summed E-state index contributed by atoms with van der Waals surface area (Å²) in [6, 6.07) is 0. The number of hydrogen-bond acceptors (Lipinski definition) is 6. The minimum Gasteiger partial charge on any atom is -0.466 e. The Bertz CT molecular complexity index is 445. The lowest BCUT2D eigenvalue weighted by Crippen LogP contribution is -2.16. The lowest BCUT2D eigenvalue weighted by atomic mass is 10.3. The second-order valence-corrected chi connectivity index (χ2v) is 4.14. The first-order chi connectivity index (χ1) is 11.1. The molecule has 1 amide bonds. The van der Waals surface area contributed by atoms with E-state index in [1.807, 2.05) is 6.92 Å². The standard InChI is InChI=1S/C6H8F2O3.C5H6F2N2O.C2H7N/c1-2-11-5(10)3-4(9)6(7)8;1-9-4(10)2-3(8-9)5(6)7;1-2-3/h6H,2-3H2,1H3;5H,2H2,1H3;2-3H2,1H3. The summed E-state index contributed by atoms with van der Waals surface area (Å²) in [5.74, 6) is -2.68. The Labute approximate surface area is 136 Å². The number of alkyl halides is 4. The van der Waals surface area contributed by atoms with E-state index in [0.717, 1.165) is 11.6 Å². The molecule has 0 unspecified atom stereocenters. The van der Waals surface area contributed by atoms with Crippen molar-refractivity contribution in [2.24, 2.45) is 10.8 Å². The van der Waals surface area contributed by atoms with E-state index in [9.17, 15) is 31.9 Å². The maximum atomic E-state index is 11.8. The average molecular weight is 359 g/mol. The molecule has 140 valence electrons. The van der Waals surface area contributed by atoms with Crippen molar-refractivity contribution < 1.29 is 36.7 Å². The number of nitrogens with two attached hydrogens (primary N) is 1. The topological polar surface area (TPSA) is 102 Å². The van der Waals surface area contributed by atoms with Gasteiger partial charge in [-0.3, -0.25) is 14.4 Å². The molecule has 0 saturated heterocycles. The second-order valence-electron chi connectivity index (χ2n) is 4.14. The van der Waals surface area contributed by atoms with Crippen LogP contribution in [0.25, 0.3) is 0 Å². The molecule has 11 heteroatoms. The monoisotopic (exact) mass is 359 g/mol. The molecule has 0 bridgehead atoms. The number of amides is 1. The Morgan fingerprint density at radius 1 is 1.29 bits per heavy atom. The third-order valence-electron chi connectivity index (χ3n) is 2.09. The summed E-state index contributed by atoms with van der Waals surface area (Å²) in [5.41, 5.74) is 4.51. The molecular formula is C13H21F4N3O4. The van der Waals surface area contributed by atoms with E-state index < -0.39 is 31.0 Å².